The minimum absolute atomic E-state index is 0.00752. The normalized spacial score (nSPS) is 13.9. The van der Waals surface area contributed by atoms with Crippen LogP contribution < -0.4 is 5.32 Å². The summed E-state index contributed by atoms with van der Waals surface area (Å²) in [7, 11) is 0. The standard InChI is InChI=1S/C17H24N2O4S/c1-9(2)15(21)18-16-14(17(22)23-10(3)4)12-6-7-19(11(5)20)8-13(12)24-16/h9-10H,6-8H2,1-5H3,(H,18,21). The van der Waals surface area contributed by atoms with Gasteiger partial charge in [0.1, 0.15) is 5.00 Å². The van der Waals surface area contributed by atoms with Crippen molar-refractivity contribution in [3.05, 3.63) is 16.0 Å². The highest BCUT2D eigenvalue weighted by Gasteiger charge is 2.30. The van der Waals surface area contributed by atoms with Crippen molar-refractivity contribution in [2.45, 2.75) is 53.7 Å². The van der Waals surface area contributed by atoms with Crippen molar-refractivity contribution >= 4 is 34.1 Å². The highest BCUT2D eigenvalue weighted by Crippen LogP contribution is 2.38. The number of ether oxygens (including phenoxy) is 1. The minimum Gasteiger partial charge on any atom is -0.459 e. The number of carbonyl (C=O) groups excluding carboxylic acids is 3. The highest BCUT2D eigenvalue weighted by molar-refractivity contribution is 7.17. The topological polar surface area (TPSA) is 75.7 Å². The predicted octanol–water partition coefficient (Wildman–Crippen LogP) is 2.81. The van der Waals surface area contributed by atoms with Gasteiger partial charge >= 0.3 is 5.97 Å². The summed E-state index contributed by atoms with van der Waals surface area (Å²) in [6, 6.07) is 0. The Morgan fingerprint density at radius 3 is 2.42 bits per heavy atom. The summed E-state index contributed by atoms with van der Waals surface area (Å²) in [6.07, 6.45) is 0.352. The van der Waals surface area contributed by atoms with Gasteiger partial charge in [0.05, 0.1) is 18.2 Å². The average molecular weight is 352 g/mol. The van der Waals surface area contributed by atoms with Gasteiger partial charge in [-0.15, -0.1) is 11.3 Å². The number of rotatable bonds is 4. The number of hydrogen-bond acceptors (Lipinski definition) is 5. The molecule has 0 saturated heterocycles. The molecule has 0 aliphatic carbocycles. The molecule has 1 aromatic heterocycles. The molecule has 24 heavy (non-hydrogen) atoms. The molecule has 0 saturated carbocycles. The van der Waals surface area contributed by atoms with Crippen LogP contribution in [0.5, 0.6) is 0 Å². The van der Waals surface area contributed by atoms with E-state index in [1.807, 2.05) is 0 Å². The van der Waals surface area contributed by atoms with Crippen LogP contribution in [0, 0.1) is 5.92 Å². The lowest BCUT2D eigenvalue weighted by Crippen LogP contribution is -2.34. The minimum atomic E-state index is -0.419. The third-order valence-corrected chi connectivity index (χ3v) is 4.94. The van der Waals surface area contributed by atoms with Gasteiger partial charge in [0.15, 0.2) is 0 Å². The van der Waals surface area contributed by atoms with E-state index in [9.17, 15) is 14.4 Å². The molecule has 0 unspecified atom stereocenters. The van der Waals surface area contributed by atoms with Crippen molar-refractivity contribution in [1.29, 1.82) is 0 Å². The SMILES string of the molecule is CC(=O)N1CCc2c(sc(NC(=O)C(C)C)c2C(=O)OC(C)C)C1. The summed E-state index contributed by atoms with van der Waals surface area (Å²) in [5.41, 5.74) is 1.34. The Labute approximate surface area is 146 Å². The molecule has 132 valence electrons. The van der Waals surface area contributed by atoms with E-state index in [-0.39, 0.29) is 23.8 Å². The van der Waals surface area contributed by atoms with Crippen LogP contribution in [0.15, 0.2) is 0 Å². The molecule has 0 bridgehead atoms. The van der Waals surface area contributed by atoms with Gasteiger partial charge in [0.25, 0.3) is 0 Å². The summed E-state index contributed by atoms with van der Waals surface area (Å²) in [4.78, 5) is 38.9. The van der Waals surface area contributed by atoms with E-state index in [4.69, 9.17) is 4.74 Å². The van der Waals surface area contributed by atoms with Crippen molar-refractivity contribution in [3.8, 4) is 0 Å². The highest BCUT2D eigenvalue weighted by atomic mass is 32.1. The summed E-state index contributed by atoms with van der Waals surface area (Å²) in [6.45, 7) is 9.75. The van der Waals surface area contributed by atoms with Crippen LogP contribution in [0.1, 0.15) is 55.4 Å². The van der Waals surface area contributed by atoms with Crippen LogP contribution in [0.2, 0.25) is 0 Å². The van der Waals surface area contributed by atoms with Crippen molar-refractivity contribution in [1.82, 2.24) is 4.90 Å². The van der Waals surface area contributed by atoms with E-state index in [0.717, 1.165) is 10.4 Å². The summed E-state index contributed by atoms with van der Waals surface area (Å²) < 4.78 is 5.35. The molecule has 1 N–H and O–H groups in total. The number of anilines is 1. The Morgan fingerprint density at radius 2 is 1.88 bits per heavy atom. The number of fused-ring (bicyclic) bond motifs is 1. The fourth-order valence-corrected chi connectivity index (χ4v) is 3.76. The second-order valence-electron chi connectivity index (χ2n) is 6.50. The Bertz CT molecular complexity index is 664. The number of thiophene rings is 1. The summed E-state index contributed by atoms with van der Waals surface area (Å²) >= 11 is 1.36. The predicted molar refractivity (Wildman–Crippen MR) is 93.1 cm³/mol. The molecule has 2 heterocycles. The van der Waals surface area contributed by atoms with Crippen LogP contribution in [-0.2, 0) is 27.3 Å². The van der Waals surface area contributed by atoms with Crippen LogP contribution in [0.3, 0.4) is 0 Å². The summed E-state index contributed by atoms with van der Waals surface area (Å²) in [5.74, 6) is -0.742. The first-order valence-electron chi connectivity index (χ1n) is 8.12. The lowest BCUT2D eigenvalue weighted by Gasteiger charge is -2.26. The molecule has 0 fully saturated rings. The maximum atomic E-state index is 12.5. The summed E-state index contributed by atoms with van der Waals surface area (Å²) in [5, 5.41) is 3.36. The first kappa shape index (κ1) is 18.4. The molecular weight excluding hydrogens is 328 g/mol. The van der Waals surface area contributed by atoms with E-state index in [0.29, 0.717) is 30.1 Å². The largest absolute Gasteiger partial charge is 0.459 e. The Morgan fingerprint density at radius 1 is 1.21 bits per heavy atom. The molecule has 6 nitrogen and oxygen atoms in total. The molecule has 1 aliphatic rings. The van der Waals surface area contributed by atoms with Gasteiger partial charge in [0, 0.05) is 24.3 Å². The Balaban J connectivity index is 2.40. The van der Waals surface area contributed by atoms with E-state index >= 15 is 0 Å². The molecule has 1 aromatic rings. The van der Waals surface area contributed by atoms with Crippen molar-refractivity contribution in [2.75, 3.05) is 11.9 Å². The smallest absolute Gasteiger partial charge is 0.341 e. The zero-order valence-electron chi connectivity index (χ0n) is 14.8. The van der Waals surface area contributed by atoms with Gasteiger partial charge < -0.3 is 15.0 Å². The Kier molecular flexibility index (Phi) is 5.64. The van der Waals surface area contributed by atoms with Crippen LogP contribution in [-0.4, -0.2) is 35.3 Å². The van der Waals surface area contributed by atoms with E-state index in [1.54, 1.807) is 32.6 Å². The molecule has 2 rings (SSSR count). The number of amides is 2. The molecule has 0 aromatic carbocycles. The molecule has 7 heteroatoms. The van der Waals surface area contributed by atoms with Gasteiger partial charge in [-0.1, -0.05) is 13.8 Å². The number of hydrogen-bond donors (Lipinski definition) is 1. The fourth-order valence-electron chi connectivity index (χ4n) is 2.51. The van der Waals surface area contributed by atoms with Crippen molar-refractivity contribution < 1.29 is 19.1 Å². The zero-order valence-corrected chi connectivity index (χ0v) is 15.6. The van der Waals surface area contributed by atoms with Crippen LogP contribution in [0.4, 0.5) is 5.00 Å². The molecule has 2 amide bonds. The van der Waals surface area contributed by atoms with Gasteiger partial charge in [-0.25, -0.2) is 4.79 Å². The van der Waals surface area contributed by atoms with Gasteiger partial charge in [0.2, 0.25) is 11.8 Å². The lowest BCUT2D eigenvalue weighted by molar-refractivity contribution is -0.129. The van der Waals surface area contributed by atoms with Gasteiger partial charge in [-0.3, -0.25) is 9.59 Å². The fraction of sp³-hybridized carbons (Fsp3) is 0.588. The number of nitrogens with zero attached hydrogens (tertiary/aromatic N) is 1. The third-order valence-electron chi connectivity index (χ3n) is 3.81. The molecule has 1 aliphatic heterocycles. The van der Waals surface area contributed by atoms with E-state index in [2.05, 4.69) is 5.32 Å². The van der Waals surface area contributed by atoms with E-state index in [1.165, 1.54) is 18.3 Å². The van der Waals surface area contributed by atoms with Gasteiger partial charge in [-0.05, 0) is 25.8 Å². The molecule has 0 atom stereocenters. The second kappa shape index (κ2) is 7.34. The third kappa shape index (κ3) is 3.95. The average Bonchev–Trinajstić information content (AvgIpc) is 2.82. The number of carbonyl (C=O) groups is 3. The van der Waals surface area contributed by atoms with Crippen molar-refractivity contribution in [2.24, 2.45) is 5.92 Å². The molecule has 0 spiro atoms. The lowest BCUT2D eigenvalue weighted by atomic mass is 10.0. The van der Waals surface area contributed by atoms with Crippen LogP contribution in [0.25, 0.3) is 0 Å². The number of esters is 1. The zero-order chi connectivity index (χ0) is 18.0. The Hall–Kier alpha value is -1.89. The first-order chi connectivity index (χ1) is 11.2. The van der Waals surface area contributed by atoms with Gasteiger partial charge in [-0.2, -0.15) is 0 Å². The number of nitrogens with one attached hydrogen (secondary N) is 1. The van der Waals surface area contributed by atoms with Crippen molar-refractivity contribution in [3.63, 3.8) is 0 Å². The molecular formula is C17H24N2O4S. The second-order valence-corrected chi connectivity index (χ2v) is 7.60. The quantitative estimate of drug-likeness (QED) is 0.846. The van der Waals surface area contributed by atoms with Crippen LogP contribution >= 0.6 is 11.3 Å². The van der Waals surface area contributed by atoms with E-state index < -0.39 is 5.97 Å². The maximum absolute atomic E-state index is 12.5. The maximum Gasteiger partial charge on any atom is 0.341 e. The first-order valence-corrected chi connectivity index (χ1v) is 8.94. The monoisotopic (exact) mass is 352 g/mol. The molecule has 0 radical (unpaired) electrons.